The Labute approximate surface area is 195 Å². The van der Waals surface area contributed by atoms with Crippen LogP contribution in [0.2, 0.25) is 0 Å². The molecule has 0 aliphatic rings. The van der Waals surface area contributed by atoms with Crippen molar-refractivity contribution in [3.05, 3.63) is 28.6 Å². The van der Waals surface area contributed by atoms with Crippen molar-refractivity contribution in [1.29, 1.82) is 0 Å². The van der Waals surface area contributed by atoms with Crippen molar-refractivity contribution in [1.82, 2.24) is 4.98 Å². The number of aryl methyl sites for hydroxylation is 1. The number of pyridine rings is 1. The number of rotatable bonds is 18. The Kier molecular flexibility index (Phi) is 13.9. The van der Waals surface area contributed by atoms with E-state index in [0.717, 1.165) is 50.4 Å². The van der Waals surface area contributed by atoms with Crippen molar-refractivity contribution in [3.63, 3.8) is 0 Å². The lowest BCUT2D eigenvalue weighted by Crippen LogP contribution is -2.15. The Bertz CT molecular complexity index is 697. The third-order valence-corrected chi connectivity index (χ3v) is 6.11. The average Bonchev–Trinajstić information content (AvgIpc) is 2.71. The molecule has 1 aromatic heterocycles. The molecule has 0 aliphatic carbocycles. The normalized spacial score (nSPS) is 11.4. The van der Waals surface area contributed by atoms with Gasteiger partial charge in [-0.1, -0.05) is 91.9 Å². The SMILES string of the molecule is CC(C)CCCCCCCc1ncc(C(=O)O)c(CCCCCCCC(C)C)c1C(=O)O. The van der Waals surface area contributed by atoms with E-state index in [1.165, 1.54) is 44.7 Å². The summed E-state index contributed by atoms with van der Waals surface area (Å²) in [6.45, 7) is 8.94. The van der Waals surface area contributed by atoms with E-state index in [-0.39, 0.29) is 11.1 Å². The summed E-state index contributed by atoms with van der Waals surface area (Å²) in [5.41, 5.74) is 1.16. The molecule has 0 fully saturated rings. The highest BCUT2D eigenvalue weighted by molar-refractivity contribution is 5.97. The second-order valence-corrected chi connectivity index (χ2v) is 9.98. The van der Waals surface area contributed by atoms with Crippen molar-refractivity contribution < 1.29 is 19.8 Å². The molecule has 0 radical (unpaired) electrons. The average molecular weight is 448 g/mol. The van der Waals surface area contributed by atoms with Crippen LogP contribution >= 0.6 is 0 Å². The van der Waals surface area contributed by atoms with Crippen LogP contribution in [0.1, 0.15) is 137 Å². The number of carboxylic acid groups (broad SMARTS) is 2. The zero-order valence-electron chi connectivity index (χ0n) is 20.8. The van der Waals surface area contributed by atoms with Crippen molar-refractivity contribution in [2.75, 3.05) is 0 Å². The van der Waals surface area contributed by atoms with Crippen molar-refractivity contribution in [3.8, 4) is 0 Å². The third kappa shape index (κ3) is 11.1. The highest BCUT2D eigenvalue weighted by Crippen LogP contribution is 2.23. The quantitative estimate of drug-likeness (QED) is 0.227. The Balaban J connectivity index is 2.69. The summed E-state index contributed by atoms with van der Waals surface area (Å²) in [6, 6.07) is 0. The van der Waals surface area contributed by atoms with Gasteiger partial charge < -0.3 is 10.2 Å². The van der Waals surface area contributed by atoms with Crippen molar-refractivity contribution in [2.24, 2.45) is 11.8 Å². The smallest absolute Gasteiger partial charge is 0.337 e. The molecule has 0 bridgehead atoms. The molecule has 182 valence electrons. The molecule has 0 saturated heterocycles. The molecule has 5 nitrogen and oxygen atoms in total. The Morgan fingerprint density at radius 1 is 0.719 bits per heavy atom. The lowest BCUT2D eigenvalue weighted by atomic mass is 9.93. The molecule has 0 unspecified atom stereocenters. The fraction of sp³-hybridized carbons (Fsp3) is 0.741. The van der Waals surface area contributed by atoms with E-state index >= 15 is 0 Å². The predicted molar refractivity (Wildman–Crippen MR) is 131 cm³/mol. The van der Waals surface area contributed by atoms with Gasteiger partial charge in [0.1, 0.15) is 0 Å². The minimum atomic E-state index is -1.09. The zero-order valence-corrected chi connectivity index (χ0v) is 20.8. The molecule has 0 spiro atoms. The molecular formula is C27H45NO4. The first-order valence-electron chi connectivity index (χ1n) is 12.7. The number of hydrogen-bond acceptors (Lipinski definition) is 3. The summed E-state index contributed by atoms with van der Waals surface area (Å²) >= 11 is 0. The number of carbonyl (C=O) groups is 2. The Morgan fingerprint density at radius 2 is 1.19 bits per heavy atom. The zero-order chi connectivity index (χ0) is 23.9. The predicted octanol–water partition coefficient (Wildman–Crippen LogP) is 7.56. The van der Waals surface area contributed by atoms with E-state index in [2.05, 4.69) is 32.7 Å². The highest BCUT2D eigenvalue weighted by Gasteiger charge is 2.23. The van der Waals surface area contributed by atoms with Gasteiger partial charge in [-0.25, -0.2) is 9.59 Å². The van der Waals surface area contributed by atoms with E-state index in [0.29, 0.717) is 24.1 Å². The highest BCUT2D eigenvalue weighted by atomic mass is 16.4. The monoisotopic (exact) mass is 447 g/mol. The van der Waals surface area contributed by atoms with Gasteiger partial charge in [-0.2, -0.15) is 0 Å². The molecule has 5 heteroatoms. The van der Waals surface area contributed by atoms with Gasteiger partial charge in [-0.3, -0.25) is 4.98 Å². The maximum Gasteiger partial charge on any atom is 0.337 e. The number of aromatic carboxylic acids is 2. The summed E-state index contributed by atoms with van der Waals surface area (Å²) in [5, 5.41) is 19.5. The lowest BCUT2D eigenvalue weighted by molar-refractivity contribution is 0.0693. The molecule has 0 aliphatic heterocycles. The molecule has 32 heavy (non-hydrogen) atoms. The van der Waals surface area contributed by atoms with Crippen LogP contribution < -0.4 is 0 Å². The molecule has 2 N–H and O–H groups in total. The van der Waals surface area contributed by atoms with Crippen molar-refractivity contribution in [2.45, 2.75) is 118 Å². The van der Waals surface area contributed by atoms with Gasteiger partial charge in [0.05, 0.1) is 16.8 Å². The van der Waals surface area contributed by atoms with Gasteiger partial charge in [0.25, 0.3) is 0 Å². The third-order valence-electron chi connectivity index (χ3n) is 6.11. The molecule has 1 rings (SSSR count). The van der Waals surface area contributed by atoms with Gasteiger partial charge in [-0.15, -0.1) is 0 Å². The fourth-order valence-electron chi connectivity index (χ4n) is 4.24. The molecule has 0 saturated carbocycles. The van der Waals surface area contributed by atoms with Crippen molar-refractivity contribution >= 4 is 11.9 Å². The Hall–Kier alpha value is -1.91. The number of aromatic nitrogens is 1. The van der Waals surface area contributed by atoms with E-state index in [1.54, 1.807) is 0 Å². The second kappa shape index (κ2) is 15.8. The first-order valence-corrected chi connectivity index (χ1v) is 12.7. The summed E-state index contributed by atoms with van der Waals surface area (Å²) < 4.78 is 0. The van der Waals surface area contributed by atoms with E-state index in [4.69, 9.17) is 0 Å². The molecule has 1 heterocycles. The Morgan fingerprint density at radius 3 is 1.66 bits per heavy atom. The lowest BCUT2D eigenvalue weighted by Gasteiger charge is -2.14. The van der Waals surface area contributed by atoms with Crippen LogP contribution in [0.5, 0.6) is 0 Å². The first-order chi connectivity index (χ1) is 15.2. The largest absolute Gasteiger partial charge is 0.478 e. The van der Waals surface area contributed by atoms with Crippen LogP contribution in [-0.2, 0) is 12.8 Å². The van der Waals surface area contributed by atoms with Crippen LogP contribution in [0.15, 0.2) is 6.20 Å². The topological polar surface area (TPSA) is 87.5 Å². The standard InChI is InChI=1S/C27H45NO4/c1-20(2)15-11-7-5-9-13-17-22-23(26(29)30)19-28-24(25(22)27(31)32)18-14-10-6-8-12-16-21(3)4/h19-21H,5-18H2,1-4H3,(H,29,30)(H,31,32). The van der Waals surface area contributed by atoms with Gasteiger partial charge in [0, 0.05) is 6.20 Å². The van der Waals surface area contributed by atoms with Crippen LogP contribution in [-0.4, -0.2) is 27.1 Å². The van der Waals surface area contributed by atoms with Crippen LogP contribution in [0, 0.1) is 11.8 Å². The molecule has 0 aromatic carbocycles. The van der Waals surface area contributed by atoms with Gasteiger partial charge in [-0.05, 0) is 43.1 Å². The minimum Gasteiger partial charge on any atom is -0.478 e. The summed E-state index contributed by atoms with van der Waals surface area (Å²) in [5.74, 6) is -0.687. The molecule has 0 amide bonds. The minimum absolute atomic E-state index is 0.0413. The van der Waals surface area contributed by atoms with Crippen LogP contribution in [0.4, 0.5) is 0 Å². The summed E-state index contributed by atoms with van der Waals surface area (Å²) in [7, 11) is 0. The fourth-order valence-corrected chi connectivity index (χ4v) is 4.24. The summed E-state index contributed by atoms with van der Waals surface area (Å²) in [6.07, 6.45) is 15.7. The maximum absolute atomic E-state index is 12.1. The number of unbranched alkanes of at least 4 members (excludes halogenated alkanes) is 8. The van der Waals surface area contributed by atoms with Crippen LogP contribution in [0.25, 0.3) is 0 Å². The molecule has 0 atom stereocenters. The van der Waals surface area contributed by atoms with Gasteiger partial charge in [0.2, 0.25) is 0 Å². The van der Waals surface area contributed by atoms with Gasteiger partial charge in [0.15, 0.2) is 0 Å². The van der Waals surface area contributed by atoms with Crippen LogP contribution in [0.3, 0.4) is 0 Å². The van der Waals surface area contributed by atoms with E-state index < -0.39 is 11.9 Å². The maximum atomic E-state index is 12.1. The molecular weight excluding hydrogens is 402 g/mol. The number of carboxylic acids is 2. The number of nitrogens with zero attached hydrogens (tertiary/aromatic N) is 1. The number of hydrogen-bond donors (Lipinski definition) is 2. The second-order valence-electron chi connectivity index (χ2n) is 9.98. The molecule has 1 aromatic rings. The van der Waals surface area contributed by atoms with E-state index in [1.807, 2.05) is 0 Å². The summed E-state index contributed by atoms with van der Waals surface area (Å²) in [4.78, 5) is 28.0. The van der Waals surface area contributed by atoms with Gasteiger partial charge >= 0.3 is 11.9 Å². The van der Waals surface area contributed by atoms with E-state index in [9.17, 15) is 19.8 Å². The first kappa shape index (κ1) is 28.1.